The van der Waals surface area contributed by atoms with Crippen LogP contribution in [0.5, 0.6) is 0 Å². The molecule has 14 heavy (non-hydrogen) atoms. The Labute approximate surface area is 86.3 Å². The molecule has 1 saturated heterocycles. The van der Waals surface area contributed by atoms with Crippen molar-refractivity contribution < 1.29 is 5.11 Å². The Bertz CT molecular complexity index is 172. The van der Waals surface area contributed by atoms with Gasteiger partial charge in [0.25, 0.3) is 0 Å². The lowest BCUT2D eigenvalue weighted by molar-refractivity contribution is 0.115. The monoisotopic (exact) mass is 198 g/mol. The van der Waals surface area contributed by atoms with Crippen LogP contribution in [0.25, 0.3) is 0 Å². The predicted molar refractivity (Wildman–Crippen MR) is 57.3 cm³/mol. The fourth-order valence-electron chi connectivity index (χ4n) is 2.76. The third-order valence-electron chi connectivity index (χ3n) is 3.73. The maximum atomic E-state index is 9.51. The third-order valence-corrected chi connectivity index (χ3v) is 3.73. The average Bonchev–Trinajstić information content (AvgIpc) is 2.72. The van der Waals surface area contributed by atoms with Crippen LogP contribution >= 0.6 is 0 Å². The largest absolute Gasteiger partial charge is 0.394 e. The average molecular weight is 198 g/mol. The molecule has 0 unspecified atom stereocenters. The maximum Gasteiger partial charge on any atom is 0.0614 e. The molecule has 0 aromatic heterocycles. The van der Waals surface area contributed by atoms with Crippen LogP contribution in [-0.4, -0.2) is 36.4 Å². The lowest BCUT2D eigenvalue weighted by Gasteiger charge is -2.39. The van der Waals surface area contributed by atoms with Gasteiger partial charge in [-0.3, -0.25) is 0 Å². The van der Waals surface area contributed by atoms with Crippen molar-refractivity contribution in [1.29, 1.82) is 0 Å². The molecule has 0 atom stereocenters. The molecule has 3 heteroatoms. The lowest BCUT2D eigenvalue weighted by atomic mass is 9.88. The topological polar surface area (TPSA) is 44.3 Å². The molecule has 2 rings (SSSR count). The third kappa shape index (κ3) is 2.27. The fourth-order valence-corrected chi connectivity index (χ4v) is 2.76. The molecule has 1 aliphatic heterocycles. The van der Waals surface area contributed by atoms with Crippen molar-refractivity contribution >= 4 is 0 Å². The second kappa shape index (κ2) is 4.60. The first kappa shape index (κ1) is 10.4. The van der Waals surface area contributed by atoms with Crippen molar-refractivity contribution in [3.05, 3.63) is 0 Å². The molecule has 82 valence electrons. The van der Waals surface area contributed by atoms with Crippen LogP contribution in [0, 0.1) is 0 Å². The summed E-state index contributed by atoms with van der Waals surface area (Å²) >= 11 is 0. The summed E-state index contributed by atoms with van der Waals surface area (Å²) in [5.41, 5.74) is 0.0280. The van der Waals surface area contributed by atoms with Gasteiger partial charge in [-0.1, -0.05) is 12.8 Å². The molecule has 2 fully saturated rings. The number of rotatable bonds is 3. The van der Waals surface area contributed by atoms with E-state index in [1.54, 1.807) is 0 Å². The summed E-state index contributed by atoms with van der Waals surface area (Å²) in [6.45, 7) is 2.38. The van der Waals surface area contributed by atoms with Gasteiger partial charge in [-0.05, 0) is 38.8 Å². The Balaban J connectivity index is 1.89. The molecule has 0 amide bonds. The van der Waals surface area contributed by atoms with E-state index in [1.165, 1.54) is 25.7 Å². The number of aliphatic hydroxyl groups is 1. The van der Waals surface area contributed by atoms with Gasteiger partial charge < -0.3 is 15.7 Å². The van der Waals surface area contributed by atoms with Crippen molar-refractivity contribution in [3.8, 4) is 0 Å². The minimum atomic E-state index is 0.0280. The first-order chi connectivity index (χ1) is 6.85. The molecule has 2 aliphatic rings. The molecular weight excluding hydrogens is 176 g/mol. The van der Waals surface area contributed by atoms with Gasteiger partial charge in [-0.2, -0.15) is 0 Å². The van der Waals surface area contributed by atoms with Gasteiger partial charge >= 0.3 is 0 Å². The number of nitrogens with one attached hydrogen (secondary N) is 2. The van der Waals surface area contributed by atoms with Crippen LogP contribution in [0.3, 0.4) is 0 Å². The summed E-state index contributed by atoms with van der Waals surface area (Å²) in [6.07, 6.45) is 7.46. The highest BCUT2D eigenvalue weighted by Crippen LogP contribution is 2.24. The van der Waals surface area contributed by atoms with Crippen molar-refractivity contribution in [2.24, 2.45) is 0 Å². The first-order valence-electron chi connectivity index (χ1n) is 5.94. The molecule has 0 spiro atoms. The molecule has 3 nitrogen and oxygen atoms in total. The van der Waals surface area contributed by atoms with E-state index < -0.39 is 0 Å². The van der Waals surface area contributed by atoms with Gasteiger partial charge in [0.2, 0.25) is 0 Å². The van der Waals surface area contributed by atoms with Gasteiger partial charge in [-0.25, -0.2) is 0 Å². The zero-order valence-electron chi connectivity index (χ0n) is 8.89. The summed E-state index contributed by atoms with van der Waals surface area (Å²) in [5.74, 6) is 0. The van der Waals surface area contributed by atoms with Crippen LogP contribution < -0.4 is 10.6 Å². The van der Waals surface area contributed by atoms with E-state index in [2.05, 4.69) is 10.6 Å². The van der Waals surface area contributed by atoms with Crippen molar-refractivity contribution in [1.82, 2.24) is 10.6 Å². The maximum absolute atomic E-state index is 9.51. The highest BCUT2D eigenvalue weighted by atomic mass is 16.3. The van der Waals surface area contributed by atoms with Gasteiger partial charge in [0.1, 0.15) is 0 Å². The summed E-state index contributed by atoms with van der Waals surface area (Å²) in [4.78, 5) is 0. The molecule has 0 bridgehead atoms. The number of hydrogen-bond donors (Lipinski definition) is 3. The van der Waals surface area contributed by atoms with Crippen LogP contribution in [0.1, 0.15) is 38.5 Å². The smallest absolute Gasteiger partial charge is 0.0614 e. The van der Waals surface area contributed by atoms with Crippen molar-refractivity contribution in [2.45, 2.75) is 50.1 Å². The second-order valence-electron chi connectivity index (χ2n) is 4.81. The molecule has 1 aliphatic carbocycles. The van der Waals surface area contributed by atoms with Gasteiger partial charge in [0.15, 0.2) is 0 Å². The van der Waals surface area contributed by atoms with E-state index in [1.807, 2.05) is 0 Å². The minimum Gasteiger partial charge on any atom is -0.394 e. The molecule has 0 aromatic carbocycles. The summed E-state index contributed by atoms with van der Waals surface area (Å²) in [6, 6.07) is 0.667. The fraction of sp³-hybridized carbons (Fsp3) is 1.00. The normalized spacial score (nSPS) is 28.1. The Morgan fingerprint density at radius 3 is 2.43 bits per heavy atom. The van der Waals surface area contributed by atoms with Crippen molar-refractivity contribution in [2.75, 3.05) is 19.7 Å². The summed E-state index contributed by atoms with van der Waals surface area (Å²) in [5, 5.41) is 16.6. The van der Waals surface area contributed by atoms with E-state index in [0.717, 1.165) is 25.9 Å². The van der Waals surface area contributed by atoms with Crippen molar-refractivity contribution in [3.63, 3.8) is 0 Å². The molecule has 1 saturated carbocycles. The van der Waals surface area contributed by atoms with E-state index in [4.69, 9.17) is 0 Å². The Kier molecular flexibility index (Phi) is 3.42. The van der Waals surface area contributed by atoms with E-state index in [-0.39, 0.29) is 5.54 Å². The zero-order valence-corrected chi connectivity index (χ0v) is 8.89. The van der Waals surface area contributed by atoms with Gasteiger partial charge in [0, 0.05) is 11.6 Å². The molecule has 0 aromatic rings. The zero-order chi connectivity index (χ0) is 9.86. The number of hydrogen-bond acceptors (Lipinski definition) is 3. The summed E-state index contributed by atoms with van der Waals surface area (Å²) in [7, 11) is 0. The van der Waals surface area contributed by atoms with Crippen LogP contribution in [0.4, 0.5) is 0 Å². The van der Waals surface area contributed by atoms with Crippen LogP contribution in [-0.2, 0) is 0 Å². The van der Waals surface area contributed by atoms with Gasteiger partial charge in [-0.15, -0.1) is 0 Å². The Hall–Kier alpha value is -0.120. The highest BCUT2D eigenvalue weighted by molar-refractivity contribution is 4.95. The van der Waals surface area contributed by atoms with E-state index in [0.29, 0.717) is 12.6 Å². The highest BCUT2D eigenvalue weighted by Gasteiger charge is 2.33. The van der Waals surface area contributed by atoms with Crippen LogP contribution in [0.2, 0.25) is 0 Å². The Morgan fingerprint density at radius 2 is 1.86 bits per heavy atom. The SMILES string of the molecule is OCC1(NC2CCCC2)CCNCC1. The van der Waals surface area contributed by atoms with E-state index in [9.17, 15) is 5.11 Å². The molecule has 3 N–H and O–H groups in total. The van der Waals surface area contributed by atoms with Crippen LogP contribution in [0.15, 0.2) is 0 Å². The predicted octanol–water partition coefficient (Wildman–Crippen LogP) is 0.633. The first-order valence-corrected chi connectivity index (χ1v) is 5.94. The van der Waals surface area contributed by atoms with E-state index >= 15 is 0 Å². The summed E-state index contributed by atoms with van der Waals surface area (Å²) < 4.78 is 0. The standard InChI is InChI=1S/C11H22N2O/c14-9-11(5-7-12-8-6-11)13-10-3-1-2-4-10/h10,12-14H,1-9H2. The van der Waals surface area contributed by atoms with Gasteiger partial charge in [0.05, 0.1) is 6.61 Å². The Morgan fingerprint density at radius 1 is 1.21 bits per heavy atom. The molecule has 1 heterocycles. The number of piperidine rings is 1. The number of aliphatic hydroxyl groups excluding tert-OH is 1. The second-order valence-corrected chi connectivity index (χ2v) is 4.81. The minimum absolute atomic E-state index is 0.0280. The lowest BCUT2D eigenvalue weighted by Crippen LogP contribution is -2.57. The quantitative estimate of drug-likeness (QED) is 0.623. The molecular formula is C11H22N2O. The molecule has 0 radical (unpaired) electrons.